The van der Waals surface area contributed by atoms with Gasteiger partial charge in [-0.3, -0.25) is 9.69 Å². The third kappa shape index (κ3) is 3.83. The summed E-state index contributed by atoms with van der Waals surface area (Å²) in [6.45, 7) is 6.46. The second kappa shape index (κ2) is 7.89. The summed E-state index contributed by atoms with van der Waals surface area (Å²) in [6, 6.07) is 1.92. The Kier molecular flexibility index (Phi) is 6.17. The van der Waals surface area contributed by atoms with Crippen LogP contribution >= 0.6 is 11.3 Å². The zero-order chi connectivity index (χ0) is 15.2. The Labute approximate surface area is 130 Å². The Morgan fingerprint density at radius 3 is 3.05 bits per heavy atom. The van der Waals surface area contributed by atoms with Crippen LogP contribution in [0.25, 0.3) is 0 Å². The molecule has 1 fully saturated rings. The maximum absolute atomic E-state index is 12.3. The summed E-state index contributed by atoms with van der Waals surface area (Å²) in [4.78, 5) is 14.5. The number of amides is 1. The summed E-state index contributed by atoms with van der Waals surface area (Å²) < 4.78 is 5.52. The number of nitrogens with zero attached hydrogens (tertiary/aromatic N) is 1. The van der Waals surface area contributed by atoms with E-state index < -0.39 is 0 Å². The molecule has 3 N–H and O–H groups in total. The van der Waals surface area contributed by atoms with Gasteiger partial charge in [-0.25, -0.2) is 0 Å². The van der Waals surface area contributed by atoms with Crippen molar-refractivity contribution in [2.75, 3.05) is 26.3 Å². The van der Waals surface area contributed by atoms with E-state index in [1.54, 1.807) is 11.3 Å². The van der Waals surface area contributed by atoms with Crippen molar-refractivity contribution in [3.63, 3.8) is 0 Å². The number of thiophene rings is 1. The monoisotopic (exact) mass is 311 g/mol. The van der Waals surface area contributed by atoms with Crippen molar-refractivity contribution in [3.05, 3.63) is 22.4 Å². The van der Waals surface area contributed by atoms with Gasteiger partial charge in [-0.15, -0.1) is 0 Å². The normalized spacial score (nSPS) is 22.7. The van der Waals surface area contributed by atoms with Crippen LogP contribution in [0.3, 0.4) is 0 Å². The minimum absolute atomic E-state index is 0.00891. The number of nitrogens with two attached hydrogens (primary N) is 1. The van der Waals surface area contributed by atoms with Crippen LogP contribution in [-0.2, 0) is 9.53 Å². The van der Waals surface area contributed by atoms with E-state index in [0.717, 1.165) is 13.0 Å². The van der Waals surface area contributed by atoms with E-state index >= 15 is 0 Å². The van der Waals surface area contributed by atoms with Gasteiger partial charge >= 0.3 is 0 Å². The van der Waals surface area contributed by atoms with Crippen LogP contribution in [0, 0.1) is 0 Å². The van der Waals surface area contributed by atoms with Crippen LogP contribution < -0.4 is 11.1 Å². The fourth-order valence-electron chi connectivity index (χ4n) is 2.82. The highest BCUT2D eigenvalue weighted by atomic mass is 32.1. The molecule has 3 atom stereocenters. The van der Waals surface area contributed by atoms with Crippen LogP contribution in [0.4, 0.5) is 0 Å². The van der Waals surface area contributed by atoms with Gasteiger partial charge in [-0.2, -0.15) is 11.3 Å². The van der Waals surface area contributed by atoms with Crippen molar-refractivity contribution >= 4 is 17.2 Å². The lowest BCUT2D eigenvalue weighted by Crippen LogP contribution is -2.57. The molecular weight excluding hydrogens is 286 g/mol. The molecule has 3 unspecified atom stereocenters. The Morgan fingerprint density at radius 1 is 1.62 bits per heavy atom. The van der Waals surface area contributed by atoms with Crippen molar-refractivity contribution in [1.29, 1.82) is 0 Å². The van der Waals surface area contributed by atoms with Gasteiger partial charge in [0.05, 0.1) is 19.3 Å². The zero-order valence-electron chi connectivity index (χ0n) is 12.7. The van der Waals surface area contributed by atoms with Crippen LogP contribution in [-0.4, -0.2) is 49.2 Å². The first-order valence-corrected chi connectivity index (χ1v) is 8.52. The van der Waals surface area contributed by atoms with Crippen molar-refractivity contribution in [2.45, 2.75) is 38.4 Å². The second-order valence-corrected chi connectivity index (χ2v) is 6.08. The third-order valence-corrected chi connectivity index (χ3v) is 4.64. The van der Waals surface area contributed by atoms with Gasteiger partial charge in [0, 0.05) is 19.1 Å². The molecule has 0 aromatic carbocycles. The molecule has 1 aromatic heterocycles. The lowest BCUT2D eigenvalue weighted by molar-refractivity contribution is -0.135. The number of hydrogen-bond acceptors (Lipinski definition) is 5. The van der Waals surface area contributed by atoms with Gasteiger partial charge < -0.3 is 15.8 Å². The maximum Gasteiger partial charge on any atom is 0.239 e. The zero-order valence-corrected chi connectivity index (χ0v) is 13.6. The van der Waals surface area contributed by atoms with Gasteiger partial charge in [-0.1, -0.05) is 6.92 Å². The number of likely N-dealkylation sites (N-methyl/N-ethyl adjacent to an activating group) is 1. The van der Waals surface area contributed by atoms with E-state index in [2.05, 4.69) is 34.0 Å². The summed E-state index contributed by atoms with van der Waals surface area (Å²) in [6.07, 6.45) is 0.875. The fourth-order valence-corrected chi connectivity index (χ4v) is 3.51. The van der Waals surface area contributed by atoms with Crippen LogP contribution in [0.1, 0.15) is 31.9 Å². The molecule has 5 nitrogen and oxygen atoms in total. The summed E-state index contributed by atoms with van der Waals surface area (Å²) >= 11 is 1.67. The van der Waals surface area contributed by atoms with E-state index in [1.165, 1.54) is 5.56 Å². The predicted octanol–water partition coefficient (Wildman–Crippen LogP) is 1.36. The van der Waals surface area contributed by atoms with Crippen molar-refractivity contribution in [2.24, 2.45) is 5.73 Å². The third-order valence-electron chi connectivity index (χ3n) is 3.94. The van der Waals surface area contributed by atoms with Crippen molar-refractivity contribution < 1.29 is 9.53 Å². The Bertz CT molecular complexity index is 438. The van der Waals surface area contributed by atoms with Crippen LogP contribution in [0.5, 0.6) is 0 Å². The number of carbonyl (C=O) groups excluding carboxylic acids is 1. The Hall–Kier alpha value is -0.950. The first-order valence-electron chi connectivity index (χ1n) is 7.57. The molecule has 2 heterocycles. The van der Waals surface area contributed by atoms with E-state index in [1.807, 2.05) is 6.92 Å². The van der Waals surface area contributed by atoms with Gasteiger partial charge in [0.25, 0.3) is 0 Å². The smallest absolute Gasteiger partial charge is 0.239 e. The lowest BCUT2D eigenvalue weighted by atomic mass is 9.96. The molecule has 1 saturated heterocycles. The number of morpholine rings is 1. The molecule has 2 rings (SSSR count). The molecule has 21 heavy (non-hydrogen) atoms. The molecule has 1 amide bonds. The van der Waals surface area contributed by atoms with E-state index in [9.17, 15) is 4.79 Å². The highest BCUT2D eigenvalue weighted by Crippen LogP contribution is 2.30. The molecular formula is C15H25N3O2S. The molecule has 1 aliphatic rings. The number of rotatable bonds is 6. The molecule has 118 valence electrons. The minimum atomic E-state index is -0.263. The molecule has 1 aliphatic heterocycles. The standard InChI is InChI=1S/C15H25N3O2S/c1-3-12(16)14(11-5-8-21-10-11)18-6-7-20-9-13(18)15(19)17-4-2/h5,8,10,12-14H,3-4,6-7,9,16H2,1-2H3,(H,17,19). The highest BCUT2D eigenvalue weighted by molar-refractivity contribution is 7.07. The second-order valence-electron chi connectivity index (χ2n) is 5.30. The van der Waals surface area contributed by atoms with Gasteiger partial charge in [-0.05, 0) is 35.7 Å². The van der Waals surface area contributed by atoms with E-state index in [4.69, 9.17) is 10.5 Å². The van der Waals surface area contributed by atoms with Crippen LogP contribution in [0.2, 0.25) is 0 Å². The highest BCUT2D eigenvalue weighted by Gasteiger charge is 2.37. The molecule has 0 spiro atoms. The first kappa shape index (κ1) is 16.4. The molecule has 6 heteroatoms. The number of nitrogens with one attached hydrogen (secondary N) is 1. The quantitative estimate of drug-likeness (QED) is 0.832. The molecule has 1 aromatic rings. The van der Waals surface area contributed by atoms with Gasteiger partial charge in [0.1, 0.15) is 6.04 Å². The summed E-state index contributed by atoms with van der Waals surface area (Å²) in [7, 11) is 0. The molecule has 0 saturated carbocycles. The van der Waals surface area contributed by atoms with Gasteiger partial charge in [0.15, 0.2) is 0 Å². The Morgan fingerprint density at radius 2 is 2.43 bits per heavy atom. The predicted molar refractivity (Wildman–Crippen MR) is 85.3 cm³/mol. The van der Waals surface area contributed by atoms with Gasteiger partial charge in [0.2, 0.25) is 5.91 Å². The average molecular weight is 311 g/mol. The molecule has 0 aliphatic carbocycles. The summed E-state index contributed by atoms with van der Waals surface area (Å²) in [5, 5.41) is 7.09. The number of ether oxygens (including phenoxy) is 1. The number of hydrogen-bond donors (Lipinski definition) is 2. The molecule has 0 bridgehead atoms. The first-order chi connectivity index (χ1) is 10.2. The topological polar surface area (TPSA) is 67.6 Å². The SMILES string of the molecule is CCNC(=O)C1COCCN1C(c1ccsc1)C(N)CC. The average Bonchev–Trinajstić information content (AvgIpc) is 3.02. The number of carbonyl (C=O) groups is 1. The molecule has 0 radical (unpaired) electrons. The summed E-state index contributed by atoms with van der Waals surface area (Å²) in [5.74, 6) is 0.0285. The lowest BCUT2D eigenvalue weighted by Gasteiger charge is -2.42. The largest absolute Gasteiger partial charge is 0.378 e. The van der Waals surface area contributed by atoms with E-state index in [-0.39, 0.29) is 24.0 Å². The fraction of sp³-hybridized carbons (Fsp3) is 0.667. The Balaban J connectivity index is 2.25. The van der Waals surface area contributed by atoms with Crippen molar-refractivity contribution in [3.8, 4) is 0 Å². The summed E-state index contributed by atoms with van der Waals surface area (Å²) in [5.41, 5.74) is 7.57. The van der Waals surface area contributed by atoms with Crippen LogP contribution in [0.15, 0.2) is 16.8 Å². The maximum atomic E-state index is 12.3. The van der Waals surface area contributed by atoms with E-state index in [0.29, 0.717) is 19.8 Å². The minimum Gasteiger partial charge on any atom is -0.378 e. The van der Waals surface area contributed by atoms with Crippen molar-refractivity contribution in [1.82, 2.24) is 10.2 Å².